The van der Waals surface area contributed by atoms with Crippen LogP contribution in [0.1, 0.15) is 77.1 Å². The number of nitrogens with zero attached hydrogens (tertiary/aromatic N) is 1. The fraction of sp³-hybridized carbons (Fsp3) is 0.571. The van der Waals surface area contributed by atoms with Crippen LogP contribution >= 0.6 is 11.9 Å². The zero-order valence-corrected chi connectivity index (χ0v) is 23.0. The van der Waals surface area contributed by atoms with Gasteiger partial charge in [0.2, 0.25) is 0 Å². The average Bonchev–Trinajstić information content (AvgIpc) is 2.81. The summed E-state index contributed by atoms with van der Waals surface area (Å²) in [6.07, 6.45) is 5.67. The molecule has 0 bridgehead atoms. The lowest BCUT2D eigenvalue weighted by molar-refractivity contribution is -0.138. The lowest BCUT2D eigenvalue weighted by atomic mass is 10.0. The largest absolute Gasteiger partial charge is 0.462 e. The van der Waals surface area contributed by atoms with Crippen LogP contribution in [0, 0.1) is 0 Å². The van der Waals surface area contributed by atoms with Crippen LogP contribution < -0.4 is 10.0 Å². The number of hydrogen-bond donors (Lipinski definition) is 2. The quantitative estimate of drug-likeness (QED) is 0.334. The lowest BCUT2D eigenvalue weighted by Gasteiger charge is -2.29. The van der Waals surface area contributed by atoms with Crippen LogP contribution in [0.5, 0.6) is 0 Å². The third kappa shape index (κ3) is 10.2. The van der Waals surface area contributed by atoms with Crippen molar-refractivity contribution in [1.82, 2.24) is 14.9 Å². The average molecular weight is 502 g/mol. The van der Waals surface area contributed by atoms with Gasteiger partial charge in [-0.1, -0.05) is 44.0 Å². The van der Waals surface area contributed by atoms with Crippen molar-refractivity contribution in [1.29, 1.82) is 0 Å². The summed E-state index contributed by atoms with van der Waals surface area (Å²) >= 11 is 1.70. The molecule has 2 N–H and O–H groups in total. The molecule has 0 aromatic heterocycles. The first-order chi connectivity index (χ1) is 16.6. The molecule has 1 heterocycles. The van der Waals surface area contributed by atoms with Crippen molar-refractivity contribution in [3.05, 3.63) is 42.0 Å². The highest BCUT2D eigenvalue weighted by atomic mass is 32.2. The molecule has 1 unspecified atom stereocenters. The number of ether oxygens (including phenoxy) is 1. The van der Waals surface area contributed by atoms with Crippen molar-refractivity contribution in [2.45, 2.75) is 89.3 Å². The van der Waals surface area contributed by atoms with Gasteiger partial charge < -0.3 is 15.0 Å². The summed E-state index contributed by atoms with van der Waals surface area (Å²) < 4.78 is 8.19. The van der Waals surface area contributed by atoms with Crippen LogP contribution in [-0.2, 0) is 9.53 Å². The van der Waals surface area contributed by atoms with Crippen LogP contribution in [-0.4, -0.2) is 55.1 Å². The third-order valence-corrected chi connectivity index (χ3v) is 6.98. The SMILES string of the molecule is CC(C)(C)OC=O.CCCCC(C)NC(=O)c1ccc(SNC2CCN(C)CC2)c2ccccc12. The molecule has 1 saturated heterocycles. The molecular formula is C28H43N3O3S. The van der Waals surface area contributed by atoms with Crippen LogP contribution in [0.4, 0.5) is 0 Å². The molecule has 1 aliphatic heterocycles. The van der Waals surface area contributed by atoms with E-state index in [1.165, 1.54) is 17.7 Å². The van der Waals surface area contributed by atoms with Gasteiger partial charge in [0.05, 0.1) is 0 Å². The molecule has 1 aliphatic rings. The van der Waals surface area contributed by atoms with Gasteiger partial charge in [-0.2, -0.15) is 0 Å². The van der Waals surface area contributed by atoms with E-state index >= 15 is 0 Å². The van der Waals surface area contributed by atoms with Gasteiger partial charge in [0.15, 0.2) is 0 Å². The lowest BCUT2D eigenvalue weighted by Crippen LogP contribution is -2.38. The number of nitrogens with one attached hydrogen (secondary N) is 2. The molecule has 1 atom stereocenters. The molecule has 2 aromatic rings. The van der Waals surface area contributed by atoms with E-state index in [1.54, 1.807) is 11.9 Å². The van der Waals surface area contributed by atoms with Crippen molar-refractivity contribution >= 4 is 35.1 Å². The van der Waals surface area contributed by atoms with E-state index in [-0.39, 0.29) is 17.6 Å². The molecule has 1 amide bonds. The molecule has 0 aliphatic carbocycles. The smallest absolute Gasteiger partial charge is 0.293 e. The second kappa shape index (κ2) is 14.5. The fourth-order valence-electron chi connectivity index (χ4n) is 3.86. The summed E-state index contributed by atoms with van der Waals surface area (Å²) in [6.45, 7) is 12.5. The first-order valence-electron chi connectivity index (χ1n) is 12.7. The van der Waals surface area contributed by atoms with E-state index in [0.29, 0.717) is 12.5 Å². The third-order valence-electron chi connectivity index (χ3n) is 5.95. The van der Waals surface area contributed by atoms with Gasteiger partial charge >= 0.3 is 0 Å². The summed E-state index contributed by atoms with van der Waals surface area (Å²) in [6, 6.07) is 13.0. The first-order valence-corrected chi connectivity index (χ1v) is 13.5. The summed E-state index contributed by atoms with van der Waals surface area (Å²) in [7, 11) is 2.18. The summed E-state index contributed by atoms with van der Waals surface area (Å²) in [5.41, 5.74) is 0.449. The molecule has 35 heavy (non-hydrogen) atoms. The molecule has 7 heteroatoms. The Morgan fingerprint density at radius 2 is 1.83 bits per heavy atom. The minimum atomic E-state index is -0.318. The zero-order chi connectivity index (χ0) is 25.8. The number of rotatable bonds is 9. The number of fused-ring (bicyclic) bond motifs is 1. The molecule has 2 aromatic carbocycles. The van der Waals surface area contributed by atoms with Crippen molar-refractivity contribution in [3.63, 3.8) is 0 Å². The Bertz CT molecular complexity index is 937. The van der Waals surface area contributed by atoms with Gasteiger partial charge in [0.1, 0.15) is 5.60 Å². The Balaban J connectivity index is 0.000000540. The highest BCUT2D eigenvalue weighted by molar-refractivity contribution is 7.97. The highest BCUT2D eigenvalue weighted by Gasteiger charge is 2.18. The van der Waals surface area contributed by atoms with E-state index in [1.807, 2.05) is 39.0 Å². The fourth-order valence-corrected chi connectivity index (χ4v) is 4.81. The number of hydrogen-bond acceptors (Lipinski definition) is 6. The molecule has 194 valence electrons. The van der Waals surface area contributed by atoms with Crippen LogP contribution in [0.25, 0.3) is 10.8 Å². The highest BCUT2D eigenvalue weighted by Crippen LogP contribution is 2.30. The standard InChI is InChI=1S/C23H33N3OS.C5H10O2/c1-4-5-8-17(2)24-23(27)21-11-12-22(20-10-7-6-9-19(20)21)28-25-18-13-15-26(3)16-14-18;1-5(2,3)7-4-6/h6-7,9-12,17-18,25H,4-5,8,13-16H2,1-3H3,(H,24,27);4H,1-3H3. The molecule has 6 nitrogen and oxygen atoms in total. The monoisotopic (exact) mass is 501 g/mol. The number of carbonyl (C=O) groups excluding carboxylic acids is 2. The number of likely N-dealkylation sites (tertiary alicyclic amines) is 1. The molecule has 1 fully saturated rings. The minimum absolute atomic E-state index is 0.0274. The Labute approximate surface area is 215 Å². The van der Waals surface area contributed by atoms with E-state index in [4.69, 9.17) is 0 Å². The predicted octanol–water partition coefficient (Wildman–Crippen LogP) is 5.80. The van der Waals surface area contributed by atoms with Crippen LogP contribution in [0.3, 0.4) is 0 Å². The predicted molar refractivity (Wildman–Crippen MR) is 147 cm³/mol. The second-order valence-corrected chi connectivity index (χ2v) is 11.2. The van der Waals surface area contributed by atoms with E-state index in [9.17, 15) is 9.59 Å². The number of piperidine rings is 1. The van der Waals surface area contributed by atoms with Gasteiger partial charge in [-0.3, -0.25) is 14.3 Å². The summed E-state index contributed by atoms with van der Waals surface area (Å²) in [4.78, 5) is 26.0. The molecule has 0 spiro atoms. The minimum Gasteiger partial charge on any atom is -0.462 e. The summed E-state index contributed by atoms with van der Waals surface area (Å²) in [5.74, 6) is 0.0274. The first kappa shape index (κ1) is 29.1. The number of unbranched alkanes of at least 4 members (excludes halogenated alkanes) is 1. The van der Waals surface area contributed by atoms with Crippen LogP contribution in [0.15, 0.2) is 41.3 Å². The molecule has 3 rings (SSSR count). The Kier molecular flexibility index (Phi) is 12.0. The van der Waals surface area contributed by atoms with E-state index in [2.05, 4.69) is 58.8 Å². The topological polar surface area (TPSA) is 70.7 Å². The number of benzene rings is 2. The van der Waals surface area contributed by atoms with E-state index < -0.39 is 0 Å². The van der Waals surface area contributed by atoms with Crippen molar-refractivity contribution < 1.29 is 14.3 Å². The molecule has 0 saturated carbocycles. The summed E-state index contributed by atoms with van der Waals surface area (Å²) in [5, 5.41) is 5.33. The second-order valence-electron chi connectivity index (χ2n) is 10.3. The van der Waals surface area contributed by atoms with Gasteiger partial charge in [0, 0.05) is 22.5 Å². The normalized spacial score (nSPS) is 15.7. The van der Waals surface area contributed by atoms with E-state index in [0.717, 1.165) is 48.7 Å². The van der Waals surface area contributed by atoms with Gasteiger partial charge in [-0.15, -0.1) is 0 Å². The maximum Gasteiger partial charge on any atom is 0.293 e. The van der Waals surface area contributed by atoms with Gasteiger partial charge in [-0.05, 0) is 102 Å². The van der Waals surface area contributed by atoms with Crippen LogP contribution in [0.2, 0.25) is 0 Å². The maximum absolute atomic E-state index is 12.8. The molecular weight excluding hydrogens is 458 g/mol. The maximum atomic E-state index is 12.8. The Hall–Kier alpha value is -2.09. The Morgan fingerprint density at radius 1 is 1.17 bits per heavy atom. The Morgan fingerprint density at radius 3 is 2.40 bits per heavy atom. The number of amides is 1. The van der Waals surface area contributed by atoms with Crippen molar-refractivity contribution in [2.75, 3.05) is 20.1 Å². The molecule has 0 radical (unpaired) electrons. The number of carbonyl (C=O) groups is 2. The van der Waals surface area contributed by atoms with Crippen molar-refractivity contribution in [3.8, 4) is 0 Å². The van der Waals surface area contributed by atoms with Gasteiger partial charge in [0.25, 0.3) is 12.4 Å². The zero-order valence-electron chi connectivity index (χ0n) is 22.2. The van der Waals surface area contributed by atoms with Gasteiger partial charge in [-0.25, -0.2) is 0 Å². The van der Waals surface area contributed by atoms with Crippen molar-refractivity contribution in [2.24, 2.45) is 0 Å².